The van der Waals surface area contributed by atoms with Crippen molar-refractivity contribution in [1.82, 2.24) is 0 Å². The van der Waals surface area contributed by atoms with Gasteiger partial charge >= 0.3 is 5.97 Å². The summed E-state index contributed by atoms with van der Waals surface area (Å²) in [5.74, 6) is 0.928. The van der Waals surface area contributed by atoms with Gasteiger partial charge in [-0.25, -0.2) is 0 Å². The largest absolute Gasteiger partial charge is 0.481 e. The van der Waals surface area contributed by atoms with Crippen molar-refractivity contribution < 1.29 is 19.8 Å². The average Bonchev–Trinajstić information content (AvgIpc) is 2.90. The van der Waals surface area contributed by atoms with Gasteiger partial charge in [0.2, 0.25) is 0 Å². The highest BCUT2D eigenvalue weighted by Gasteiger charge is 2.63. The predicted octanol–water partition coefficient (Wildman–Crippen LogP) is 3.91. The molecule has 4 saturated carbocycles. The molecule has 4 aliphatic rings. The second-order valence-corrected chi connectivity index (χ2v) is 10.4. The van der Waals surface area contributed by atoms with Gasteiger partial charge in [0.25, 0.3) is 0 Å². The Kier molecular flexibility index (Phi) is 4.30. The fraction of sp³-hybridized carbons (Fsp3) is 0.909. The lowest BCUT2D eigenvalue weighted by atomic mass is 9.44. The van der Waals surface area contributed by atoms with E-state index in [1.165, 1.54) is 0 Å². The van der Waals surface area contributed by atoms with E-state index in [1.807, 2.05) is 6.92 Å². The molecular weight excluding hydrogens is 328 g/mol. The van der Waals surface area contributed by atoms with E-state index < -0.39 is 5.97 Å². The van der Waals surface area contributed by atoms with Crippen LogP contribution in [0.1, 0.15) is 72.1 Å². The Morgan fingerprint density at radius 1 is 1.12 bits per heavy atom. The lowest BCUT2D eigenvalue weighted by Crippen LogP contribution is -2.58. The van der Waals surface area contributed by atoms with Gasteiger partial charge in [0, 0.05) is 12.3 Å². The smallest absolute Gasteiger partial charge is 0.306 e. The number of aliphatic carboxylic acids is 1. The highest BCUT2D eigenvalue weighted by Crippen LogP contribution is 2.67. The normalized spacial score (nSPS) is 51.9. The summed E-state index contributed by atoms with van der Waals surface area (Å²) in [5.41, 5.74) is -0.107. The Morgan fingerprint density at radius 2 is 1.85 bits per heavy atom. The Labute approximate surface area is 156 Å². The summed E-state index contributed by atoms with van der Waals surface area (Å²) in [6, 6.07) is 0. The molecule has 26 heavy (non-hydrogen) atoms. The number of carbonyl (C=O) groups is 2. The molecule has 0 aromatic carbocycles. The molecule has 0 heterocycles. The lowest BCUT2D eigenvalue weighted by molar-refractivity contribution is -0.165. The third-order valence-corrected chi connectivity index (χ3v) is 9.39. The molecule has 0 aromatic heterocycles. The van der Waals surface area contributed by atoms with Gasteiger partial charge in [-0.05, 0) is 79.4 Å². The average molecular weight is 363 g/mol. The van der Waals surface area contributed by atoms with Crippen LogP contribution >= 0.6 is 0 Å². The fourth-order valence-corrected chi connectivity index (χ4v) is 8.08. The van der Waals surface area contributed by atoms with Gasteiger partial charge < -0.3 is 10.2 Å². The number of carboxylic acid groups (broad SMARTS) is 1. The molecule has 0 aromatic rings. The zero-order valence-corrected chi connectivity index (χ0v) is 16.4. The van der Waals surface area contributed by atoms with E-state index in [4.69, 9.17) is 0 Å². The Hall–Kier alpha value is -0.900. The van der Waals surface area contributed by atoms with E-state index >= 15 is 0 Å². The molecule has 2 N–H and O–H groups in total. The number of hydrogen-bond acceptors (Lipinski definition) is 3. The first-order valence-corrected chi connectivity index (χ1v) is 10.6. The third-order valence-electron chi connectivity index (χ3n) is 9.39. The SMILES string of the molecule is CC(C(=O)O)C1CCC2C3CCC4CC(O)CCC4(C)C3C(=O)CC12C. The number of Topliss-reactive ketones (excluding diaryl/α,β-unsaturated/α-hetero) is 1. The second kappa shape index (κ2) is 6.05. The van der Waals surface area contributed by atoms with Crippen LogP contribution in [0.3, 0.4) is 0 Å². The maximum absolute atomic E-state index is 13.4. The van der Waals surface area contributed by atoms with E-state index in [1.54, 1.807) is 0 Å². The van der Waals surface area contributed by atoms with Crippen molar-refractivity contribution >= 4 is 11.8 Å². The van der Waals surface area contributed by atoms with Crippen molar-refractivity contribution in [3.8, 4) is 0 Å². The van der Waals surface area contributed by atoms with Crippen LogP contribution in [-0.2, 0) is 9.59 Å². The van der Waals surface area contributed by atoms with Gasteiger partial charge in [0.05, 0.1) is 12.0 Å². The highest BCUT2D eigenvalue weighted by atomic mass is 16.4. The zero-order chi connectivity index (χ0) is 18.9. The fourth-order valence-electron chi connectivity index (χ4n) is 8.08. The number of hydrogen-bond donors (Lipinski definition) is 2. The number of aliphatic hydroxyl groups is 1. The maximum Gasteiger partial charge on any atom is 0.306 e. The molecule has 0 radical (unpaired) electrons. The Bertz CT molecular complexity index is 615. The van der Waals surface area contributed by atoms with Crippen molar-refractivity contribution in [2.75, 3.05) is 0 Å². The molecule has 4 nitrogen and oxygen atoms in total. The lowest BCUT2D eigenvalue weighted by Gasteiger charge is -2.60. The van der Waals surface area contributed by atoms with Crippen LogP contribution in [0, 0.1) is 46.3 Å². The van der Waals surface area contributed by atoms with Gasteiger partial charge in [0.1, 0.15) is 5.78 Å². The minimum absolute atomic E-state index is 0.0388. The van der Waals surface area contributed by atoms with Crippen LogP contribution in [0.5, 0.6) is 0 Å². The third kappa shape index (κ3) is 2.43. The van der Waals surface area contributed by atoms with E-state index in [2.05, 4.69) is 13.8 Å². The number of carboxylic acids is 1. The van der Waals surface area contributed by atoms with Gasteiger partial charge in [-0.1, -0.05) is 20.8 Å². The Morgan fingerprint density at radius 3 is 2.54 bits per heavy atom. The first kappa shape index (κ1) is 18.5. The van der Waals surface area contributed by atoms with E-state index in [0.717, 1.165) is 44.9 Å². The van der Waals surface area contributed by atoms with Crippen molar-refractivity contribution in [3.63, 3.8) is 0 Å². The topological polar surface area (TPSA) is 74.6 Å². The first-order chi connectivity index (χ1) is 12.2. The summed E-state index contributed by atoms with van der Waals surface area (Å²) in [5, 5.41) is 19.7. The van der Waals surface area contributed by atoms with Crippen molar-refractivity contribution in [3.05, 3.63) is 0 Å². The first-order valence-electron chi connectivity index (χ1n) is 10.6. The number of ketones is 1. The molecule has 0 bridgehead atoms. The molecule has 4 heteroatoms. The van der Waals surface area contributed by atoms with Crippen LogP contribution < -0.4 is 0 Å². The molecule has 146 valence electrons. The molecule has 4 fully saturated rings. The van der Waals surface area contributed by atoms with Gasteiger partial charge in [0.15, 0.2) is 0 Å². The molecule has 0 amide bonds. The quantitative estimate of drug-likeness (QED) is 0.781. The summed E-state index contributed by atoms with van der Waals surface area (Å²) < 4.78 is 0. The van der Waals surface area contributed by atoms with Crippen LogP contribution in [0.2, 0.25) is 0 Å². The molecule has 4 rings (SSSR count). The van der Waals surface area contributed by atoms with Gasteiger partial charge in [-0.15, -0.1) is 0 Å². The predicted molar refractivity (Wildman–Crippen MR) is 98.4 cm³/mol. The Balaban J connectivity index is 1.65. The highest BCUT2D eigenvalue weighted by molar-refractivity contribution is 5.84. The van der Waals surface area contributed by atoms with E-state index in [9.17, 15) is 19.8 Å². The molecule has 0 spiro atoms. The van der Waals surface area contributed by atoms with E-state index in [0.29, 0.717) is 30.0 Å². The molecular formula is C22H34O4. The van der Waals surface area contributed by atoms with Crippen LogP contribution in [0.15, 0.2) is 0 Å². The van der Waals surface area contributed by atoms with Crippen molar-refractivity contribution in [2.24, 2.45) is 46.3 Å². The summed E-state index contributed by atoms with van der Waals surface area (Å²) >= 11 is 0. The minimum Gasteiger partial charge on any atom is -0.481 e. The molecule has 9 unspecified atom stereocenters. The standard InChI is InChI=1S/C22H34O4/c1-12(20(25)26)16-6-7-17-15-5-4-13-10-14(23)8-9-21(13,2)19(15)18(24)11-22(16,17)3/h12-17,19,23H,4-11H2,1-3H3,(H,25,26). The maximum atomic E-state index is 13.4. The van der Waals surface area contributed by atoms with Gasteiger partial charge in [-0.2, -0.15) is 0 Å². The summed E-state index contributed by atoms with van der Waals surface area (Å²) in [6.07, 6.45) is 7.24. The van der Waals surface area contributed by atoms with Crippen LogP contribution in [0.25, 0.3) is 0 Å². The number of rotatable bonds is 2. The van der Waals surface area contributed by atoms with Crippen LogP contribution in [0.4, 0.5) is 0 Å². The molecule has 0 aliphatic heterocycles. The number of fused-ring (bicyclic) bond motifs is 5. The monoisotopic (exact) mass is 362 g/mol. The zero-order valence-electron chi connectivity index (χ0n) is 16.4. The summed E-state index contributed by atoms with van der Waals surface area (Å²) in [7, 11) is 0. The van der Waals surface area contributed by atoms with E-state index in [-0.39, 0.29) is 34.7 Å². The molecule has 0 saturated heterocycles. The minimum atomic E-state index is -0.719. The van der Waals surface area contributed by atoms with Crippen molar-refractivity contribution in [2.45, 2.75) is 78.2 Å². The number of aliphatic hydroxyl groups excluding tert-OH is 1. The van der Waals surface area contributed by atoms with Crippen molar-refractivity contribution in [1.29, 1.82) is 0 Å². The number of carbonyl (C=O) groups excluding carboxylic acids is 1. The summed E-state index contributed by atoms with van der Waals surface area (Å²) in [6.45, 7) is 6.35. The second-order valence-electron chi connectivity index (χ2n) is 10.4. The summed E-state index contributed by atoms with van der Waals surface area (Å²) in [4.78, 5) is 25.1. The molecule has 4 aliphatic carbocycles. The molecule has 9 atom stereocenters. The van der Waals surface area contributed by atoms with Crippen LogP contribution in [-0.4, -0.2) is 28.1 Å². The van der Waals surface area contributed by atoms with Gasteiger partial charge in [-0.3, -0.25) is 9.59 Å².